The van der Waals surface area contributed by atoms with Gasteiger partial charge < -0.3 is 14.2 Å². The van der Waals surface area contributed by atoms with Gasteiger partial charge in [-0.15, -0.1) is 0 Å². The van der Waals surface area contributed by atoms with Crippen LogP contribution in [-0.2, 0) is 9.47 Å². The molecular formula is C24H18Cl2N2O6. The summed E-state index contributed by atoms with van der Waals surface area (Å²) in [4.78, 5) is 41.3. The molecule has 1 aliphatic heterocycles. The molecule has 0 aliphatic carbocycles. The Bertz CT molecular complexity index is 1320. The lowest BCUT2D eigenvalue weighted by molar-refractivity contribution is 0.0368. The first kappa shape index (κ1) is 23.5. The number of rotatable bonds is 5. The summed E-state index contributed by atoms with van der Waals surface area (Å²) in [5, 5.41) is 0.971. The quantitative estimate of drug-likeness (QED) is 0.466. The number of benzene rings is 2. The van der Waals surface area contributed by atoms with Crippen molar-refractivity contribution in [1.29, 1.82) is 0 Å². The van der Waals surface area contributed by atoms with Gasteiger partial charge in [0.25, 0.3) is 0 Å². The van der Waals surface area contributed by atoms with Gasteiger partial charge in [0, 0.05) is 28.2 Å². The number of carbonyl (C=O) groups excluding carboxylic acids is 2. The van der Waals surface area contributed by atoms with Gasteiger partial charge in [0.05, 0.1) is 11.1 Å². The van der Waals surface area contributed by atoms with E-state index in [9.17, 15) is 14.4 Å². The smallest absolute Gasteiger partial charge is 0.353 e. The highest BCUT2D eigenvalue weighted by Crippen LogP contribution is 2.32. The van der Waals surface area contributed by atoms with Crippen LogP contribution in [0.4, 0.5) is 0 Å². The molecule has 0 spiro atoms. The van der Waals surface area contributed by atoms with E-state index in [0.717, 1.165) is 0 Å². The Morgan fingerprint density at radius 2 is 1.59 bits per heavy atom. The Balaban J connectivity index is 1.46. The molecule has 2 heterocycles. The van der Waals surface area contributed by atoms with Crippen LogP contribution in [0.25, 0.3) is 0 Å². The second kappa shape index (κ2) is 9.70. The Hall–Kier alpha value is -3.62. The minimum atomic E-state index is -0.796. The number of nitrogens with zero attached hydrogens (tertiary/aromatic N) is 2. The van der Waals surface area contributed by atoms with Crippen LogP contribution < -0.4 is 10.4 Å². The van der Waals surface area contributed by atoms with Gasteiger partial charge in [0.15, 0.2) is 12.3 Å². The molecule has 174 valence electrons. The van der Waals surface area contributed by atoms with Crippen LogP contribution >= 0.6 is 23.2 Å². The molecule has 2 aromatic carbocycles. The topological polar surface area (TPSA) is 96.7 Å². The summed E-state index contributed by atoms with van der Waals surface area (Å²) in [5.41, 5.74) is 0.308. The molecule has 34 heavy (non-hydrogen) atoms. The lowest BCUT2D eigenvalue weighted by atomic mass is 10.2. The van der Waals surface area contributed by atoms with Crippen molar-refractivity contribution in [2.45, 2.75) is 25.7 Å². The van der Waals surface area contributed by atoms with E-state index in [0.29, 0.717) is 21.2 Å². The molecule has 0 amide bonds. The van der Waals surface area contributed by atoms with E-state index in [-0.39, 0.29) is 23.6 Å². The van der Waals surface area contributed by atoms with Gasteiger partial charge in [-0.3, -0.25) is 4.57 Å². The summed E-state index contributed by atoms with van der Waals surface area (Å²) in [6, 6.07) is 12.4. The second-order valence-electron chi connectivity index (χ2n) is 7.49. The fourth-order valence-corrected chi connectivity index (χ4v) is 3.53. The molecule has 0 unspecified atom stereocenters. The third-order valence-electron chi connectivity index (χ3n) is 5.06. The van der Waals surface area contributed by atoms with Gasteiger partial charge in [-0.2, -0.15) is 4.98 Å². The average molecular weight is 501 g/mol. The summed E-state index contributed by atoms with van der Waals surface area (Å²) in [6.07, 6.45) is 0.0579. The van der Waals surface area contributed by atoms with Crippen molar-refractivity contribution in [3.63, 3.8) is 0 Å². The highest BCUT2D eigenvalue weighted by molar-refractivity contribution is 6.31. The first-order valence-electron chi connectivity index (χ1n) is 10.1. The molecule has 0 N–H and O–H groups in total. The molecule has 1 fully saturated rings. The fraction of sp³-hybridized carbons (Fsp3) is 0.167. The molecule has 8 nitrogen and oxygen atoms in total. The van der Waals surface area contributed by atoms with E-state index in [4.69, 9.17) is 37.4 Å². The van der Waals surface area contributed by atoms with E-state index in [1.165, 1.54) is 22.9 Å². The number of halogens is 2. The van der Waals surface area contributed by atoms with E-state index >= 15 is 0 Å². The lowest BCUT2D eigenvalue weighted by Gasteiger charge is -2.15. The third kappa shape index (κ3) is 5.13. The Kier molecular flexibility index (Phi) is 6.72. The Morgan fingerprint density at radius 1 is 1.03 bits per heavy atom. The van der Waals surface area contributed by atoms with E-state index in [2.05, 4.69) is 11.6 Å². The number of hydrogen-bond acceptors (Lipinski definition) is 7. The molecular weight excluding hydrogens is 483 g/mol. The molecule has 3 aromatic rings. The van der Waals surface area contributed by atoms with E-state index < -0.39 is 30.0 Å². The van der Waals surface area contributed by atoms with Crippen LogP contribution in [0.5, 0.6) is 5.88 Å². The number of esters is 2. The zero-order valence-electron chi connectivity index (χ0n) is 17.9. The van der Waals surface area contributed by atoms with Crippen molar-refractivity contribution < 1.29 is 23.8 Å². The minimum Gasteiger partial charge on any atom is -0.471 e. The number of ether oxygens (including phenoxy) is 3. The summed E-state index contributed by atoms with van der Waals surface area (Å²) in [7, 11) is 0. The van der Waals surface area contributed by atoms with Crippen LogP contribution in [0.3, 0.4) is 0 Å². The van der Waals surface area contributed by atoms with Gasteiger partial charge in [-0.1, -0.05) is 29.8 Å². The zero-order valence-corrected chi connectivity index (χ0v) is 19.4. The molecule has 1 aromatic heterocycles. The standard InChI is InChI=1S/C24H18Cl2N2O6/c1-13-12-28(24(31)27-21(13)34-23(30)16-5-9-18(26)10-6-16)20-11-19(14(2)32-20)33-22(29)15-3-7-17(25)8-4-15/h3-10,12,19-20H,2,11H2,1H3/t19-,20+/m1/s1. The SMILES string of the molecule is C=C1O[C@H](n2cc(C)c(OC(=O)c3ccc(Cl)cc3)nc2=O)C[C@H]1OC(=O)c1ccc(Cl)cc1. The fourth-order valence-electron chi connectivity index (χ4n) is 3.27. The van der Waals surface area contributed by atoms with Crippen LogP contribution in [0.1, 0.15) is 38.9 Å². The normalized spacial score (nSPS) is 17.2. The highest BCUT2D eigenvalue weighted by atomic mass is 35.5. The number of hydrogen-bond donors (Lipinski definition) is 0. The molecule has 4 rings (SSSR count). The van der Waals surface area contributed by atoms with E-state index in [1.54, 1.807) is 43.3 Å². The van der Waals surface area contributed by atoms with Crippen LogP contribution in [0.2, 0.25) is 10.0 Å². The average Bonchev–Trinajstić information content (AvgIpc) is 3.16. The van der Waals surface area contributed by atoms with Gasteiger partial charge in [-0.25, -0.2) is 14.4 Å². The van der Waals surface area contributed by atoms with Crippen molar-refractivity contribution in [3.05, 3.63) is 104 Å². The molecule has 1 saturated heterocycles. The lowest BCUT2D eigenvalue weighted by Crippen LogP contribution is -2.28. The van der Waals surface area contributed by atoms with Crippen molar-refractivity contribution in [2.75, 3.05) is 0 Å². The minimum absolute atomic E-state index is 0.122. The summed E-state index contributed by atoms with van der Waals surface area (Å²) < 4.78 is 17.7. The largest absolute Gasteiger partial charge is 0.471 e. The number of carbonyl (C=O) groups is 2. The molecule has 0 bridgehead atoms. The first-order chi connectivity index (χ1) is 16.2. The maximum absolute atomic E-state index is 12.6. The monoisotopic (exact) mass is 500 g/mol. The molecule has 2 atom stereocenters. The Morgan fingerprint density at radius 3 is 2.18 bits per heavy atom. The van der Waals surface area contributed by atoms with Crippen LogP contribution in [0.15, 0.2) is 71.9 Å². The number of aryl methyl sites for hydroxylation is 1. The van der Waals surface area contributed by atoms with Crippen molar-refractivity contribution >= 4 is 35.1 Å². The predicted molar refractivity (Wildman–Crippen MR) is 124 cm³/mol. The van der Waals surface area contributed by atoms with Gasteiger partial charge >= 0.3 is 17.6 Å². The zero-order chi connectivity index (χ0) is 24.4. The Labute approximate surface area is 204 Å². The molecule has 10 heteroatoms. The maximum atomic E-state index is 12.6. The van der Waals surface area contributed by atoms with Crippen molar-refractivity contribution in [3.8, 4) is 5.88 Å². The van der Waals surface area contributed by atoms with Gasteiger partial charge in [-0.05, 0) is 55.5 Å². The predicted octanol–water partition coefficient (Wildman–Crippen LogP) is 4.74. The summed E-state index contributed by atoms with van der Waals surface area (Å²) in [6.45, 7) is 5.42. The highest BCUT2D eigenvalue weighted by Gasteiger charge is 2.35. The van der Waals surface area contributed by atoms with Crippen molar-refractivity contribution in [2.24, 2.45) is 0 Å². The number of aromatic nitrogens is 2. The second-order valence-corrected chi connectivity index (χ2v) is 8.36. The molecule has 0 saturated carbocycles. The molecule has 0 radical (unpaired) electrons. The summed E-state index contributed by atoms with van der Waals surface area (Å²) in [5.74, 6) is -1.17. The third-order valence-corrected chi connectivity index (χ3v) is 5.56. The van der Waals surface area contributed by atoms with Gasteiger partial charge in [0.1, 0.15) is 5.76 Å². The van der Waals surface area contributed by atoms with Crippen LogP contribution in [-0.4, -0.2) is 27.6 Å². The van der Waals surface area contributed by atoms with Gasteiger partial charge in [0.2, 0.25) is 5.88 Å². The van der Waals surface area contributed by atoms with Crippen molar-refractivity contribution in [1.82, 2.24) is 9.55 Å². The van der Waals surface area contributed by atoms with Crippen LogP contribution in [0, 0.1) is 6.92 Å². The molecule has 1 aliphatic rings. The first-order valence-corrected chi connectivity index (χ1v) is 10.9. The maximum Gasteiger partial charge on any atom is 0.353 e. The van der Waals surface area contributed by atoms with E-state index in [1.807, 2.05) is 0 Å². The summed E-state index contributed by atoms with van der Waals surface area (Å²) >= 11 is 11.7.